The number of nitrogens with zero attached hydrogens (tertiary/aromatic N) is 3. The van der Waals surface area contributed by atoms with Crippen molar-refractivity contribution >= 4 is 29.5 Å². The Bertz CT molecular complexity index is 1720. The number of hydrogen-bond acceptors (Lipinski definition) is 7. The Morgan fingerprint density at radius 1 is 0.979 bits per heavy atom. The van der Waals surface area contributed by atoms with Gasteiger partial charge in [-0.3, -0.25) is 14.4 Å². The Labute approximate surface area is 269 Å². The molecule has 47 heavy (non-hydrogen) atoms. The number of halogens is 1. The maximum Gasteiger partial charge on any atom is 0.404 e. The van der Waals surface area contributed by atoms with Crippen LogP contribution in [-0.4, -0.2) is 69.2 Å². The van der Waals surface area contributed by atoms with Gasteiger partial charge >= 0.3 is 6.09 Å². The molecule has 0 spiro atoms. The molecular formula is C33H35FN8O5. The number of carbonyl (C=O) groups excluding carboxylic acids is 3. The number of nitrogens with one attached hydrogen (secondary N) is 5. The third kappa shape index (κ3) is 8.54. The maximum absolute atomic E-state index is 14.9. The van der Waals surface area contributed by atoms with E-state index in [-0.39, 0.29) is 35.6 Å². The summed E-state index contributed by atoms with van der Waals surface area (Å²) in [5, 5.41) is 33.4. The Kier molecular flexibility index (Phi) is 10.5. The number of H-pyrrole nitrogens is 1. The molecule has 4 amide bonds. The van der Waals surface area contributed by atoms with Gasteiger partial charge in [0.05, 0.1) is 0 Å². The molecular weight excluding hydrogens is 607 g/mol. The molecule has 4 aromatic rings. The topological polar surface area (TPSA) is 191 Å². The number of tetrazole rings is 1. The fourth-order valence-electron chi connectivity index (χ4n) is 5.72. The van der Waals surface area contributed by atoms with Gasteiger partial charge in [0, 0.05) is 48.3 Å². The van der Waals surface area contributed by atoms with Crippen LogP contribution in [0.4, 0.5) is 14.9 Å². The number of anilines is 1. The Morgan fingerprint density at radius 2 is 1.74 bits per heavy atom. The van der Waals surface area contributed by atoms with Crippen LogP contribution < -0.4 is 21.3 Å². The fraction of sp³-hybridized carbons (Fsp3) is 0.303. The fourth-order valence-corrected chi connectivity index (χ4v) is 5.72. The quantitative estimate of drug-likeness (QED) is 0.142. The smallest absolute Gasteiger partial charge is 0.404 e. The van der Waals surface area contributed by atoms with Gasteiger partial charge in [-0.1, -0.05) is 24.3 Å². The summed E-state index contributed by atoms with van der Waals surface area (Å²) in [4.78, 5) is 50.2. The predicted octanol–water partition coefficient (Wildman–Crippen LogP) is 3.77. The molecule has 0 unspecified atom stereocenters. The van der Waals surface area contributed by atoms with Crippen molar-refractivity contribution < 1.29 is 28.7 Å². The Hall–Kier alpha value is -5.66. The highest BCUT2D eigenvalue weighted by molar-refractivity contribution is 5.98. The molecule has 0 bridgehead atoms. The highest BCUT2D eigenvalue weighted by Gasteiger charge is 2.30. The number of rotatable bonds is 11. The lowest BCUT2D eigenvalue weighted by Gasteiger charge is -2.29. The second kappa shape index (κ2) is 15.1. The number of benzene rings is 3. The van der Waals surface area contributed by atoms with Crippen molar-refractivity contribution in [3.05, 3.63) is 83.7 Å². The highest BCUT2D eigenvalue weighted by atomic mass is 19.1. The normalized spacial score (nSPS) is 16.5. The minimum absolute atomic E-state index is 0.113. The molecule has 0 aliphatic heterocycles. The van der Waals surface area contributed by atoms with E-state index in [4.69, 9.17) is 5.11 Å². The van der Waals surface area contributed by atoms with Crippen LogP contribution in [0, 0.1) is 17.7 Å². The van der Waals surface area contributed by atoms with Gasteiger partial charge in [0.25, 0.3) is 5.91 Å². The van der Waals surface area contributed by atoms with Gasteiger partial charge in [-0.25, -0.2) is 14.3 Å². The molecule has 0 saturated heterocycles. The molecule has 1 fully saturated rings. The lowest BCUT2D eigenvalue weighted by molar-refractivity contribution is -0.130. The number of hydrogen-bond donors (Lipinski definition) is 6. The van der Waals surface area contributed by atoms with Gasteiger partial charge in [-0.2, -0.15) is 0 Å². The first-order chi connectivity index (χ1) is 22.7. The molecule has 1 aliphatic carbocycles. The first-order valence-corrected chi connectivity index (χ1v) is 15.2. The van der Waals surface area contributed by atoms with E-state index in [1.807, 2.05) is 0 Å². The first-order valence-electron chi connectivity index (χ1n) is 15.2. The summed E-state index contributed by atoms with van der Waals surface area (Å²) in [5.74, 6) is -1.26. The zero-order valence-electron chi connectivity index (χ0n) is 25.6. The zero-order valence-corrected chi connectivity index (χ0v) is 25.6. The van der Waals surface area contributed by atoms with E-state index in [1.165, 1.54) is 25.2 Å². The summed E-state index contributed by atoms with van der Waals surface area (Å²) < 4.78 is 14.9. The van der Waals surface area contributed by atoms with Crippen LogP contribution in [0.5, 0.6) is 0 Å². The van der Waals surface area contributed by atoms with Crippen molar-refractivity contribution in [2.24, 2.45) is 11.8 Å². The van der Waals surface area contributed by atoms with Crippen molar-refractivity contribution in [3.63, 3.8) is 0 Å². The first kappa shape index (κ1) is 32.7. The third-order valence-corrected chi connectivity index (χ3v) is 8.30. The molecule has 6 N–H and O–H groups in total. The highest BCUT2D eigenvalue weighted by Crippen LogP contribution is 2.29. The molecule has 1 aliphatic rings. The van der Waals surface area contributed by atoms with Crippen LogP contribution in [0.2, 0.25) is 0 Å². The van der Waals surface area contributed by atoms with Crippen LogP contribution in [0.3, 0.4) is 0 Å². The van der Waals surface area contributed by atoms with E-state index in [0.29, 0.717) is 60.4 Å². The van der Waals surface area contributed by atoms with Gasteiger partial charge < -0.3 is 26.4 Å². The summed E-state index contributed by atoms with van der Waals surface area (Å²) in [6.07, 6.45) is 1.55. The number of aromatic nitrogens is 4. The Balaban J connectivity index is 1.34. The standard InChI is InChI=1S/C33H35FN8O5/c1-35-30(43)24-11-14-27(34)26(17-24)23-4-2-3-20(15-23)16-28(38-31(44)22-7-5-19(6-8-22)18-36-33(46)47)32(45)37-25-12-9-21(10-13-25)29-39-41-42-40-29/h2-4,9-15,17,19,22,28,36H,5-8,16,18H2,1H3,(H,35,43)(H,37,45)(H,38,44)(H,46,47)(H,39,40,41,42)/t19-,22-,28-/m0/s1. The van der Waals surface area contributed by atoms with Crippen molar-refractivity contribution in [3.8, 4) is 22.5 Å². The lowest BCUT2D eigenvalue weighted by atomic mass is 9.81. The average Bonchev–Trinajstić information content (AvgIpc) is 3.63. The monoisotopic (exact) mass is 642 g/mol. The van der Waals surface area contributed by atoms with Crippen molar-refractivity contribution in [1.29, 1.82) is 0 Å². The van der Waals surface area contributed by atoms with E-state index in [1.54, 1.807) is 48.5 Å². The molecule has 3 aromatic carbocycles. The lowest BCUT2D eigenvalue weighted by Crippen LogP contribution is -2.48. The van der Waals surface area contributed by atoms with Gasteiger partial charge in [-0.15, -0.1) is 5.10 Å². The number of carbonyl (C=O) groups is 4. The van der Waals surface area contributed by atoms with Gasteiger partial charge in [-0.05, 0) is 95.6 Å². The van der Waals surface area contributed by atoms with Crippen molar-refractivity contribution in [2.45, 2.75) is 38.1 Å². The van der Waals surface area contributed by atoms with Crippen molar-refractivity contribution in [2.75, 3.05) is 18.9 Å². The summed E-state index contributed by atoms with van der Waals surface area (Å²) in [6.45, 7) is 0.337. The van der Waals surface area contributed by atoms with Crippen LogP contribution >= 0.6 is 0 Å². The number of amides is 4. The summed E-state index contributed by atoms with van der Waals surface area (Å²) in [7, 11) is 1.50. The maximum atomic E-state index is 14.9. The molecule has 14 heteroatoms. The third-order valence-electron chi connectivity index (χ3n) is 8.30. The van der Waals surface area contributed by atoms with Gasteiger partial charge in [0.15, 0.2) is 5.82 Å². The second-order valence-electron chi connectivity index (χ2n) is 11.5. The largest absolute Gasteiger partial charge is 0.465 e. The minimum Gasteiger partial charge on any atom is -0.465 e. The van der Waals surface area contributed by atoms with E-state index < -0.39 is 23.9 Å². The van der Waals surface area contributed by atoms with Gasteiger partial charge in [0.1, 0.15) is 11.9 Å². The molecule has 244 valence electrons. The van der Waals surface area contributed by atoms with E-state index in [0.717, 1.165) is 5.56 Å². The van der Waals surface area contributed by atoms with E-state index in [2.05, 4.69) is 41.9 Å². The molecule has 1 atom stereocenters. The van der Waals surface area contributed by atoms with Crippen LogP contribution in [0.25, 0.3) is 22.5 Å². The molecule has 1 heterocycles. The molecule has 1 saturated carbocycles. The molecule has 0 radical (unpaired) electrons. The van der Waals surface area contributed by atoms with Crippen molar-refractivity contribution in [1.82, 2.24) is 36.6 Å². The molecule has 13 nitrogen and oxygen atoms in total. The SMILES string of the molecule is CNC(=O)c1ccc(F)c(-c2cccc(C[C@H](NC(=O)[C@H]3CC[C@H](CNC(=O)O)CC3)C(=O)Nc3ccc(-c4nnn[nH]4)cc3)c2)c1. The van der Waals surface area contributed by atoms with E-state index in [9.17, 15) is 23.6 Å². The average molecular weight is 643 g/mol. The minimum atomic E-state index is -1.07. The summed E-state index contributed by atoms with van der Waals surface area (Å²) in [6, 6.07) is 17.0. The van der Waals surface area contributed by atoms with Crippen LogP contribution in [-0.2, 0) is 16.0 Å². The molecule has 5 rings (SSSR count). The summed E-state index contributed by atoms with van der Waals surface area (Å²) in [5.41, 5.74) is 2.94. The number of aromatic amines is 1. The van der Waals surface area contributed by atoms with E-state index >= 15 is 0 Å². The zero-order chi connectivity index (χ0) is 33.3. The van der Waals surface area contributed by atoms with Gasteiger partial charge in [0.2, 0.25) is 11.8 Å². The molecule has 1 aromatic heterocycles. The number of carboxylic acid groups (broad SMARTS) is 1. The van der Waals surface area contributed by atoms with Crippen LogP contribution in [0.1, 0.15) is 41.6 Å². The second-order valence-corrected chi connectivity index (χ2v) is 11.5. The summed E-state index contributed by atoms with van der Waals surface area (Å²) >= 11 is 0. The Morgan fingerprint density at radius 3 is 2.43 bits per heavy atom. The predicted molar refractivity (Wildman–Crippen MR) is 171 cm³/mol. The van der Waals surface area contributed by atoms with Crippen LogP contribution in [0.15, 0.2) is 66.7 Å².